The number of benzene rings is 5. The Hall–Kier alpha value is -5.32. The van der Waals surface area contributed by atoms with Crippen LogP contribution in [-0.2, 0) is 12.8 Å². The minimum Gasteiger partial charge on any atom is -0.399 e. The molecule has 2 aliphatic rings. The average Bonchev–Trinajstić information content (AvgIpc) is 3.75. The maximum atomic E-state index is 6.54. The molecule has 10 rings (SSSR count). The molecule has 0 saturated carbocycles. The zero-order valence-electron chi connectivity index (χ0n) is 26.2. The van der Waals surface area contributed by atoms with Crippen LogP contribution in [-0.4, -0.2) is 9.13 Å². The molecule has 2 unspecified atom stereocenters. The van der Waals surface area contributed by atoms with E-state index in [-0.39, 0.29) is 5.92 Å². The standard InChI is InChI=1S/C43H33N3S/c1-26-15-18-33-34-21-22-38-42(43(34)47-41(33)23-26)35-19-16-27(24-39(35)45(38)29-9-3-2-4-10-29)30-20-17-28(44)25-40(30)46-36-13-7-5-11-31(36)32-12-6-8-14-37(32)46/h2-22,25-27H,23-24,44H2,1H3. The van der Waals surface area contributed by atoms with Gasteiger partial charge in [0.05, 0.1) is 22.2 Å². The highest BCUT2D eigenvalue weighted by Crippen LogP contribution is 2.47. The molecule has 0 radical (unpaired) electrons. The van der Waals surface area contributed by atoms with Gasteiger partial charge in [0, 0.05) is 59.7 Å². The third-order valence-corrected chi connectivity index (χ3v) is 11.6. The second kappa shape index (κ2) is 10.1. The van der Waals surface area contributed by atoms with Gasteiger partial charge in [-0.2, -0.15) is 0 Å². The second-order valence-corrected chi connectivity index (χ2v) is 14.3. The van der Waals surface area contributed by atoms with Gasteiger partial charge in [-0.3, -0.25) is 0 Å². The summed E-state index contributed by atoms with van der Waals surface area (Å²) in [6.45, 7) is 2.32. The summed E-state index contributed by atoms with van der Waals surface area (Å²) >= 11 is 2.00. The quantitative estimate of drug-likeness (QED) is 0.195. The van der Waals surface area contributed by atoms with Crippen molar-refractivity contribution in [3.63, 3.8) is 0 Å². The number of nitrogens with two attached hydrogens (primary N) is 1. The Kier molecular flexibility index (Phi) is 5.76. The van der Waals surface area contributed by atoms with Gasteiger partial charge in [-0.1, -0.05) is 98.0 Å². The van der Waals surface area contributed by atoms with E-state index in [1.165, 1.54) is 75.7 Å². The molecular weight excluding hydrogens is 591 g/mol. The van der Waals surface area contributed by atoms with E-state index in [0.29, 0.717) is 5.92 Å². The Morgan fingerprint density at radius 3 is 2.17 bits per heavy atom. The van der Waals surface area contributed by atoms with Crippen LogP contribution in [0.3, 0.4) is 0 Å². The van der Waals surface area contributed by atoms with Crippen molar-refractivity contribution in [2.24, 2.45) is 5.92 Å². The van der Waals surface area contributed by atoms with Crippen LogP contribution < -0.4 is 5.73 Å². The fourth-order valence-corrected chi connectivity index (χ4v) is 9.72. The Morgan fingerprint density at radius 1 is 0.660 bits per heavy atom. The van der Waals surface area contributed by atoms with Gasteiger partial charge in [0.15, 0.2) is 0 Å². The number of allylic oxidation sites excluding steroid dienone is 2. The Balaban J connectivity index is 1.20. The molecule has 226 valence electrons. The van der Waals surface area contributed by atoms with Crippen molar-refractivity contribution in [3.8, 4) is 11.4 Å². The second-order valence-electron chi connectivity index (χ2n) is 13.2. The highest BCUT2D eigenvalue weighted by Gasteiger charge is 2.29. The van der Waals surface area contributed by atoms with Crippen molar-refractivity contribution < 1.29 is 0 Å². The summed E-state index contributed by atoms with van der Waals surface area (Å²) in [7, 11) is 0. The molecule has 3 aromatic heterocycles. The van der Waals surface area contributed by atoms with Crippen LogP contribution in [0.5, 0.6) is 0 Å². The van der Waals surface area contributed by atoms with Crippen molar-refractivity contribution in [1.29, 1.82) is 0 Å². The summed E-state index contributed by atoms with van der Waals surface area (Å²) in [6.07, 6.45) is 11.6. The van der Waals surface area contributed by atoms with E-state index in [9.17, 15) is 0 Å². The van der Waals surface area contributed by atoms with Crippen molar-refractivity contribution in [2.45, 2.75) is 25.7 Å². The van der Waals surface area contributed by atoms with E-state index < -0.39 is 0 Å². The van der Waals surface area contributed by atoms with Gasteiger partial charge in [0.1, 0.15) is 0 Å². The van der Waals surface area contributed by atoms with Crippen molar-refractivity contribution in [3.05, 3.63) is 149 Å². The molecule has 0 aliphatic heterocycles. The van der Waals surface area contributed by atoms with E-state index in [1.54, 1.807) is 0 Å². The number of para-hydroxylation sites is 3. The summed E-state index contributed by atoms with van der Waals surface area (Å²) in [5.74, 6) is 0.763. The summed E-state index contributed by atoms with van der Waals surface area (Å²) in [6, 6.07) is 39.5. The highest BCUT2D eigenvalue weighted by molar-refractivity contribution is 7.20. The monoisotopic (exact) mass is 623 g/mol. The lowest BCUT2D eigenvalue weighted by molar-refractivity contribution is 0.728. The molecule has 47 heavy (non-hydrogen) atoms. The summed E-state index contributed by atoms with van der Waals surface area (Å²) in [4.78, 5) is 1.51. The maximum absolute atomic E-state index is 6.54. The molecule has 3 nitrogen and oxygen atoms in total. The first-order valence-electron chi connectivity index (χ1n) is 16.6. The Bertz CT molecular complexity index is 2560. The maximum Gasteiger partial charge on any atom is 0.0552 e. The van der Waals surface area contributed by atoms with E-state index in [1.807, 2.05) is 11.3 Å². The van der Waals surface area contributed by atoms with Crippen LogP contribution in [0.2, 0.25) is 0 Å². The first-order chi connectivity index (χ1) is 23.1. The zero-order valence-corrected chi connectivity index (χ0v) is 27.0. The zero-order chi connectivity index (χ0) is 31.2. The third kappa shape index (κ3) is 3.92. The van der Waals surface area contributed by atoms with Gasteiger partial charge in [-0.25, -0.2) is 0 Å². The van der Waals surface area contributed by atoms with Crippen LogP contribution in [0.4, 0.5) is 5.69 Å². The summed E-state index contributed by atoms with van der Waals surface area (Å²) < 4.78 is 6.36. The lowest BCUT2D eigenvalue weighted by Gasteiger charge is -2.24. The van der Waals surface area contributed by atoms with E-state index in [4.69, 9.17) is 5.73 Å². The normalized spacial score (nSPS) is 17.2. The van der Waals surface area contributed by atoms with E-state index >= 15 is 0 Å². The molecule has 0 bridgehead atoms. The number of aromatic nitrogens is 2. The molecule has 0 spiro atoms. The molecule has 0 amide bonds. The van der Waals surface area contributed by atoms with Crippen LogP contribution in [0.1, 0.15) is 40.1 Å². The van der Waals surface area contributed by atoms with Gasteiger partial charge in [0.25, 0.3) is 0 Å². The first-order valence-corrected chi connectivity index (χ1v) is 17.4. The largest absolute Gasteiger partial charge is 0.399 e. The van der Waals surface area contributed by atoms with Crippen molar-refractivity contribution >= 4 is 72.0 Å². The number of thiophene rings is 1. The number of anilines is 1. The lowest BCUT2D eigenvalue weighted by atomic mass is 9.86. The van der Waals surface area contributed by atoms with Crippen molar-refractivity contribution in [2.75, 3.05) is 5.73 Å². The van der Waals surface area contributed by atoms with E-state index in [0.717, 1.165) is 24.2 Å². The number of hydrogen-bond acceptors (Lipinski definition) is 2. The fraction of sp³-hybridized carbons (Fsp3) is 0.116. The molecule has 5 aromatic carbocycles. The third-order valence-electron chi connectivity index (χ3n) is 10.3. The molecule has 2 N–H and O–H groups in total. The Morgan fingerprint density at radius 2 is 1.38 bits per heavy atom. The number of hydrogen-bond donors (Lipinski definition) is 1. The van der Waals surface area contributed by atoms with Gasteiger partial charge in [0.2, 0.25) is 0 Å². The van der Waals surface area contributed by atoms with Gasteiger partial charge in [-0.05, 0) is 72.4 Å². The minimum atomic E-state index is 0.181. The molecule has 3 heterocycles. The van der Waals surface area contributed by atoms with Gasteiger partial charge in [-0.15, -0.1) is 11.3 Å². The van der Waals surface area contributed by atoms with Gasteiger partial charge < -0.3 is 14.9 Å². The number of nitrogens with zero attached hydrogens (tertiary/aromatic N) is 2. The van der Waals surface area contributed by atoms with Crippen LogP contribution in [0.15, 0.2) is 121 Å². The molecular formula is C43H33N3S. The van der Waals surface area contributed by atoms with Crippen LogP contribution >= 0.6 is 11.3 Å². The molecule has 4 heteroatoms. The lowest BCUT2D eigenvalue weighted by Crippen LogP contribution is -2.12. The fourth-order valence-electron chi connectivity index (χ4n) is 8.24. The predicted octanol–water partition coefficient (Wildman–Crippen LogP) is 11.1. The highest BCUT2D eigenvalue weighted by atomic mass is 32.1. The molecule has 0 fully saturated rings. The van der Waals surface area contributed by atoms with Crippen molar-refractivity contribution in [1.82, 2.24) is 9.13 Å². The minimum absolute atomic E-state index is 0.181. The topological polar surface area (TPSA) is 35.9 Å². The Labute approximate surface area is 277 Å². The van der Waals surface area contributed by atoms with Crippen LogP contribution in [0.25, 0.3) is 66.3 Å². The molecule has 2 aliphatic carbocycles. The number of rotatable bonds is 3. The summed E-state index contributed by atoms with van der Waals surface area (Å²) in [5.41, 5.74) is 18.8. The first kappa shape index (κ1) is 26.9. The predicted molar refractivity (Wildman–Crippen MR) is 201 cm³/mol. The number of fused-ring (bicyclic) bond motifs is 10. The molecule has 0 saturated heterocycles. The summed E-state index contributed by atoms with van der Waals surface area (Å²) in [5, 5.41) is 5.29. The smallest absolute Gasteiger partial charge is 0.0552 e. The number of nitrogen functional groups attached to an aromatic ring is 1. The van der Waals surface area contributed by atoms with E-state index in [2.05, 4.69) is 150 Å². The van der Waals surface area contributed by atoms with Gasteiger partial charge >= 0.3 is 0 Å². The van der Waals surface area contributed by atoms with Crippen LogP contribution in [0, 0.1) is 5.92 Å². The SMILES string of the molecule is CC1C=Cc2c(sc3c2ccc2c3c3c(n2-c2ccccc2)CC(c2ccc(N)cc2-n2c4ccccc4c4ccccc42)C=C3)C1. The molecule has 8 aromatic rings. The average molecular weight is 624 g/mol. The molecule has 2 atom stereocenters.